The molecule has 146 valence electrons. The van der Waals surface area contributed by atoms with E-state index in [1.54, 1.807) is 0 Å². The maximum absolute atomic E-state index is 9.77. The summed E-state index contributed by atoms with van der Waals surface area (Å²) in [5.41, 5.74) is 14.1. The minimum Gasteiger partial charge on any atom is -0.479 e. The number of hydrogen-bond donors (Lipinski definition) is 6. The summed E-state index contributed by atoms with van der Waals surface area (Å²) in [6, 6.07) is 7.41. The Kier molecular flexibility index (Phi) is 7.91. The van der Waals surface area contributed by atoms with Gasteiger partial charge >= 0.3 is 11.9 Å². The molecule has 0 saturated carbocycles. The molecule has 0 fully saturated rings. The number of aryl methyl sites for hydroxylation is 1. The zero-order valence-corrected chi connectivity index (χ0v) is 15.0. The first-order valence-corrected chi connectivity index (χ1v) is 7.95. The lowest BCUT2D eigenvalue weighted by Gasteiger charge is -2.10. The predicted molar refractivity (Wildman–Crippen MR) is 98.0 cm³/mol. The van der Waals surface area contributed by atoms with Crippen molar-refractivity contribution in [3.63, 3.8) is 0 Å². The van der Waals surface area contributed by atoms with Gasteiger partial charge in [0.15, 0.2) is 12.2 Å². The third kappa shape index (κ3) is 6.06. The number of aliphatic hydroxyl groups excluding tert-OH is 2. The van der Waals surface area contributed by atoms with Crippen LogP contribution in [0.1, 0.15) is 12.6 Å². The molecule has 1 aromatic carbocycles. The molecular weight excluding hydrogens is 380 g/mol. The van der Waals surface area contributed by atoms with Crippen molar-refractivity contribution in [2.75, 3.05) is 11.5 Å². The van der Waals surface area contributed by atoms with Crippen LogP contribution in [-0.2, 0) is 16.0 Å². The molecule has 2 atom stereocenters. The Labute approximate surface area is 159 Å². The number of aliphatic hydroxyl groups is 2. The first-order valence-electron chi connectivity index (χ1n) is 7.58. The average Bonchev–Trinajstić information content (AvgIpc) is 2.61. The Morgan fingerprint density at radius 3 is 1.93 bits per heavy atom. The molecule has 2 aromatic rings. The Morgan fingerprint density at radius 1 is 1.04 bits per heavy atom. The summed E-state index contributed by atoms with van der Waals surface area (Å²) in [5, 5.41) is 33.2. The van der Waals surface area contributed by atoms with Gasteiger partial charge < -0.3 is 31.9 Å². The molecule has 0 amide bonds. The summed E-state index contributed by atoms with van der Waals surface area (Å²) in [7, 11) is 0. The lowest BCUT2D eigenvalue weighted by Crippen LogP contribution is -2.39. The standard InChI is InChI=1S/C12H13ClN4.C4H6O6/c1-2-9-10(11(14)17-12(15)16-9)7-3-5-8(13)6-4-7;5-1(3(7)8)2(6)4(9)10/h3-6H,2H2,1H3,(H4,14,15,16,17);1-2,5-6H,(H,7,8)(H,9,10). The summed E-state index contributed by atoms with van der Waals surface area (Å²) in [5.74, 6) is -2.93. The fourth-order valence-corrected chi connectivity index (χ4v) is 2.13. The van der Waals surface area contributed by atoms with Crippen molar-refractivity contribution >= 4 is 35.3 Å². The van der Waals surface area contributed by atoms with E-state index in [9.17, 15) is 9.59 Å². The van der Waals surface area contributed by atoms with Crippen LogP contribution < -0.4 is 11.5 Å². The highest BCUT2D eigenvalue weighted by atomic mass is 35.5. The molecule has 11 heteroatoms. The quantitative estimate of drug-likeness (QED) is 0.410. The number of anilines is 2. The molecule has 0 aliphatic carbocycles. The van der Waals surface area contributed by atoms with Crippen LogP contribution in [0.4, 0.5) is 11.8 Å². The fraction of sp³-hybridized carbons (Fsp3) is 0.250. The Bertz CT molecular complexity index is 797. The molecule has 0 aliphatic rings. The maximum Gasteiger partial charge on any atom is 0.335 e. The number of nitrogens with two attached hydrogens (primary N) is 2. The van der Waals surface area contributed by atoms with E-state index in [4.69, 9.17) is 43.5 Å². The number of aliphatic carboxylic acids is 2. The zero-order valence-electron chi connectivity index (χ0n) is 14.2. The molecule has 1 heterocycles. The Balaban J connectivity index is 0.000000314. The number of benzene rings is 1. The highest BCUT2D eigenvalue weighted by molar-refractivity contribution is 6.30. The number of rotatable bonds is 5. The van der Waals surface area contributed by atoms with Crippen LogP contribution in [0.5, 0.6) is 0 Å². The number of carbonyl (C=O) groups is 2. The van der Waals surface area contributed by atoms with Crippen molar-refractivity contribution in [1.29, 1.82) is 0 Å². The largest absolute Gasteiger partial charge is 0.479 e. The van der Waals surface area contributed by atoms with Gasteiger partial charge in [0.05, 0.1) is 5.69 Å². The van der Waals surface area contributed by atoms with Crippen molar-refractivity contribution in [3.8, 4) is 11.1 Å². The highest BCUT2D eigenvalue weighted by Gasteiger charge is 2.29. The second-order valence-corrected chi connectivity index (χ2v) is 5.65. The van der Waals surface area contributed by atoms with Crippen molar-refractivity contribution in [2.45, 2.75) is 25.6 Å². The first-order chi connectivity index (χ1) is 12.6. The number of carboxylic acids is 2. The minimum absolute atomic E-state index is 0.206. The van der Waals surface area contributed by atoms with Crippen LogP contribution in [-0.4, -0.2) is 54.5 Å². The topological polar surface area (TPSA) is 193 Å². The number of carboxylic acid groups (broad SMARTS) is 2. The Morgan fingerprint density at radius 2 is 1.52 bits per heavy atom. The summed E-state index contributed by atoms with van der Waals surface area (Å²) in [6.45, 7) is 2.00. The molecule has 0 saturated heterocycles. The van der Waals surface area contributed by atoms with Gasteiger partial charge in [0.2, 0.25) is 5.95 Å². The van der Waals surface area contributed by atoms with Gasteiger partial charge in [0, 0.05) is 10.6 Å². The van der Waals surface area contributed by atoms with Gasteiger partial charge in [-0.2, -0.15) is 4.98 Å². The smallest absolute Gasteiger partial charge is 0.335 e. The van der Waals surface area contributed by atoms with E-state index in [1.807, 2.05) is 31.2 Å². The highest BCUT2D eigenvalue weighted by Crippen LogP contribution is 2.29. The molecule has 0 aliphatic heterocycles. The molecular formula is C16H19ClN4O6. The van der Waals surface area contributed by atoms with Crippen molar-refractivity contribution in [3.05, 3.63) is 35.0 Å². The van der Waals surface area contributed by atoms with Crippen LogP contribution >= 0.6 is 11.6 Å². The number of nitrogens with zero attached hydrogens (tertiary/aromatic N) is 2. The second kappa shape index (κ2) is 9.67. The van der Waals surface area contributed by atoms with Crippen molar-refractivity contribution < 1.29 is 30.0 Å². The summed E-state index contributed by atoms with van der Waals surface area (Å²) in [4.78, 5) is 27.7. The van der Waals surface area contributed by atoms with Gasteiger partial charge in [0.1, 0.15) is 5.82 Å². The zero-order chi connectivity index (χ0) is 20.7. The third-order valence-corrected chi connectivity index (χ3v) is 3.55. The van der Waals surface area contributed by atoms with Crippen LogP contribution in [0, 0.1) is 0 Å². The monoisotopic (exact) mass is 398 g/mol. The lowest BCUT2D eigenvalue weighted by molar-refractivity contribution is -0.165. The van der Waals surface area contributed by atoms with E-state index >= 15 is 0 Å². The second-order valence-electron chi connectivity index (χ2n) is 5.22. The van der Waals surface area contributed by atoms with Crippen LogP contribution in [0.2, 0.25) is 5.02 Å². The van der Waals surface area contributed by atoms with Gasteiger partial charge in [-0.1, -0.05) is 30.7 Å². The minimum atomic E-state index is -2.27. The van der Waals surface area contributed by atoms with Gasteiger partial charge in [-0.05, 0) is 24.1 Å². The molecule has 2 rings (SSSR count). The van der Waals surface area contributed by atoms with Gasteiger partial charge in [-0.15, -0.1) is 0 Å². The van der Waals surface area contributed by atoms with Crippen molar-refractivity contribution in [1.82, 2.24) is 9.97 Å². The fourth-order valence-electron chi connectivity index (χ4n) is 2.00. The number of halogens is 1. The van der Waals surface area contributed by atoms with E-state index in [0.717, 1.165) is 23.2 Å². The van der Waals surface area contributed by atoms with Crippen molar-refractivity contribution in [2.24, 2.45) is 0 Å². The van der Waals surface area contributed by atoms with E-state index in [1.165, 1.54) is 0 Å². The SMILES string of the molecule is CCc1nc(N)nc(N)c1-c1ccc(Cl)cc1.O=C(O)C(O)C(O)C(=O)O. The molecule has 27 heavy (non-hydrogen) atoms. The molecule has 10 nitrogen and oxygen atoms in total. The van der Waals surface area contributed by atoms with E-state index in [0.29, 0.717) is 10.8 Å². The molecule has 8 N–H and O–H groups in total. The lowest BCUT2D eigenvalue weighted by atomic mass is 10.0. The molecule has 0 radical (unpaired) electrons. The van der Waals surface area contributed by atoms with Gasteiger partial charge in [0.25, 0.3) is 0 Å². The first kappa shape index (κ1) is 22.1. The number of nitrogen functional groups attached to an aromatic ring is 2. The summed E-state index contributed by atoms with van der Waals surface area (Å²) >= 11 is 5.86. The third-order valence-electron chi connectivity index (χ3n) is 3.30. The van der Waals surface area contributed by atoms with Crippen LogP contribution in [0.15, 0.2) is 24.3 Å². The number of hydrogen-bond acceptors (Lipinski definition) is 8. The molecule has 0 bridgehead atoms. The van der Waals surface area contributed by atoms with Crippen LogP contribution in [0.25, 0.3) is 11.1 Å². The van der Waals surface area contributed by atoms with Crippen LogP contribution in [0.3, 0.4) is 0 Å². The van der Waals surface area contributed by atoms with E-state index < -0.39 is 24.1 Å². The molecule has 2 unspecified atom stereocenters. The molecule has 0 spiro atoms. The number of aromatic nitrogens is 2. The van der Waals surface area contributed by atoms with E-state index in [-0.39, 0.29) is 5.95 Å². The van der Waals surface area contributed by atoms with Gasteiger partial charge in [-0.3, -0.25) is 0 Å². The normalized spacial score (nSPS) is 12.4. The predicted octanol–water partition coefficient (Wildman–Crippen LogP) is 0.401. The summed E-state index contributed by atoms with van der Waals surface area (Å²) in [6.07, 6.45) is -3.79. The van der Waals surface area contributed by atoms with Gasteiger partial charge in [-0.25, -0.2) is 14.6 Å². The maximum atomic E-state index is 9.77. The van der Waals surface area contributed by atoms with E-state index in [2.05, 4.69) is 9.97 Å². The molecule has 1 aromatic heterocycles. The average molecular weight is 399 g/mol. The summed E-state index contributed by atoms with van der Waals surface area (Å²) < 4.78 is 0. The Hall–Kier alpha value is -2.95.